The van der Waals surface area contributed by atoms with Crippen molar-refractivity contribution >= 4 is 34.3 Å². The number of pyridine rings is 1. The lowest BCUT2D eigenvalue weighted by atomic mass is 10.1. The fraction of sp³-hybridized carbons (Fsp3) is 0.320. The van der Waals surface area contributed by atoms with Crippen LogP contribution in [0.3, 0.4) is 0 Å². The number of aromatic nitrogens is 1. The average molecular weight is 514 g/mol. The van der Waals surface area contributed by atoms with Gasteiger partial charge in [-0.1, -0.05) is 0 Å². The summed E-state index contributed by atoms with van der Waals surface area (Å²) in [6.45, 7) is 2.80. The molecular formula is C25H25F2N5O5. The molecule has 2 saturated heterocycles. The molecular weight excluding hydrogens is 488 g/mol. The summed E-state index contributed by atoms with van der Waals surface area (Å²) in [6.07, 6.45) is -0.137. The number of carboxylic acids is 1. The van der Waals surface area contributed by atoms with Crippen molar-refractivity contribution in [2.45, 2.75) is 6.10 Å². The van der Waals surface area contributed by atoms with Crippen molar-refractivity contribution in [2.75, 3.05) is 56.1 Å². The molecule has 37 heavy (non-hydrogen) atoms. The second-order valence-corrected chi connectivity index (χ2v) is 9.15. The minimum absolute atomic E-state index is 0.0740. The summed E-state index contributed by atoms with van der Waals surface area (Å²) in [6, 6.07) is 6.41. The predicted molar refractivity (Wildman–Crippen MR) is 133 cm³/mol. The van der Waals surface area contributed by atoms with Crippen LogP contribution in [0.15, 0.2) is 41.3 Å². The molecule has 0 radical (unpaired) electrons. The number of rotatable bonds is 5. The number of aromatic carboxylic acids is 1. The SMILES string of the molecule is CN1CCN(c2cc3c(cc2F)c(=O)c(C(=O)O)cn3-c2ccc(N3C[C@H](CN)OC3=O)cc2F)CC1. The average Bonchev–Trinajstić information content (AvgIpc) is 3.25. The van der Waals surface area contributed by atoms with Crippen molar-refractivity contribution in [3.05, 3.63) is 63.9 Å². The monoisotopic (exact) mass is 513 g/mol. The number of cyclic esters (lactones) is 1. The standard InChI is InChI=1S/C25H25F2N5O5/c1-29-4-6-30(7-5-29)22-10-21-16(9-19(22)27)23(33)17(24(34)35)13-32(21)20-3-2-14(8-18(20)26)31-12-15(11-28)37-25(31)36/h2-3,8-10,13,15H,4-7,11-12,28H2,1H3,(H,34,35)/t15-/m0/s1. The van der Waals surface area contributed by atoms with E-state index >= 15 is 8.78 Å². The number of piperazine rings is 1. The van der Waals surface area contributed by atoms with Gasteiger partial charge in [0.2, 0.25) is 5.43 Å². The third-order valence-electron chi connectivity index (χ3n) is 6.79. The Morgan fingerprint density at radius 1 is 1.08 bits per heavy atom. The molecule has 3 N–H and O–H groups in total. The number of ether oxygens (including phenoxy) is 1. The zero-order chi connectivity index (χ0) is 26.4. The summed E-state index contributed by atoms with van der Waals surface area (Å²) < 4.78 is 37.0. The number of halogens is 2. The Balaban J connectivity index is 1.65. The minimum Gasteiger partial charge on any atom is -0.477 e. The number of carboxylic acid groups (broad SMARTS) is 1. The maximum Gasteiger partial charge on any atom is 0.414 e. The van der Waals surface area contributed by atoms with Crippen LogP contribution in [0.2, 0.25) is 0 Å². The van der Waals surface area contributed by atoms with Crippen LogP contribution in [0.1, 0.15) is 10.4 Å². The van der Waals surface area contributed by atoms with E-state index in [9.17, 15) is 19.5 Å². The quantitative estimate of drug-likeness (QED) is 0.532. The molecule has 2 aromatic carbocycles. The van der Waals surface area contributed by atoms with Crippen LogP contribution in [0.5, 0.6) is 0 Å². The molecule has 3 heterocycles. The van der Waals surface area contributed by atoms with Crippen LogP contribution in [-0.2, 0) is 4.74 Å². The first-order chi connectivity index (χ1) is 17.7. The Morgan fingerprint density at radius 2 is 1.78 bits per heavy atom. The van der Waals surface area contributed by atoms with E-state index in [2.05, 4.69) is 4.90 Å². The van der Waals surface area contributed by atoms with E-state index in [1.807, 2.05) is 11.9 Å². The Labute approximate surface area is 210 Å². The molecule has 10 nitrogen and oxygen atoms in total. The van der Waals surface area contributed by atoms with Gasteiger partial charge >= 0.3 is 12.1 Å². The van der Waals surface area contributed by atoms with Gasteiger partial charge in [0.1, 0.15) is 23.3 Å². The zero-order valence-corrected chi connectivity index (χ0v) is 20.0. The molecule has 0 saturated carbocycles. The number of fused-ring (bicyclic) bond motifs is 1. The van der Waals surface area contributed by atoms with Crippen molar-refractivity contribution in [3.8, 4) is 5.69 Å². The van der Waals surface area contributed by atoms with Gasteiger partial charge in [-0.25, -0.2) is 18.4 Å². The number of hydrogen-bond acceptors (Lipinski definition) is 7. The van der Waals surface area contributed by atoms with E-state index in [1.165, 1.54) is 27.7 Å². The van der Waals surface area contributed by atoms with Crippen LogP contribution < -0.4 is 21.0 Å². The third-order valence-corrected chi connectivity index (χ3v) is 6.79. The summed E-state index contributed by atoms with van der Waals surface area (Å²) in [5.74, 6) is -2.97. The molecule has 2 aliphatic rings. The van der Waals surface area contributed by atoms with Crippen LogP contribution in [-0.4, -0.2) is 79.1 Å². The topological polar surface area (TPSA) is 121 Å². The number of benzene rings is 2. The smallest absolute Gasteiger partial charge is 0.414 e. The molecule has 1 aromatic heterocycles. The van der Waals surface area contributed by atoms with Crippen molar-refractivity contribution in [2.24, 2.45) is 5.73 Å². The predicted octanol–water partition coefficient (Wildman–Crippen LogP) is 2.00. The molecule has 2 aliphatic heterocycles. The highest BCUT2D eigenvalue weighted by Gasteiger charge is 2.32. The molecule has 0 aliphatic carbocycles. The molecule has 194 valence electrons. The molecule has 0 spiro atoms. The van der Waals surface area contributed by atoms with Gasteiger partial charge in [0.15, 0.2) is 0 Å². The van der Waals surface area contributed by atoms with Crippen LogP contribution >= 0.6 is 0 Å². The molecule has 5 rings (SSSR count). The molecule has 0 unspecified atom stereocenters. The number of carbonyl (C=O) groups is 2. The van der Waals surface area contributed by atoms with E-state index in [0.29, 0.717) is 26.2 Å². The summed E-state index contributed by atoms with van der Waals surface area (Å²) in [5, 5.41) is 9.41. The van der Waals surface area contributed by atoms with Gasteiger partial charge in [0.25, 0.3) is 0 Å². The van der Waals surface area contributed by atoms with Crippen molar-refractivity contribution in [3.63, 3.8) is 0 Å². The summed E-state index contributed by atoms with van der Waals surface area (Å²) in [4.78, 5) is 42.1. The minimum atomic E-state index is -1.52. The summed E-state index contributed by atoms with van der Waals surface area (Å²) in [7, 11) is 1.96. The molecule has 3 aromatic rings. The lowest BCUT2D eigenvalue weighted by Gasteiger charge is -2.34. The number of nitrogens with zero attached hydrogens (tertiary/aromatic N) is 4. The Hall–Kier alpha value is -4.03. The number of hydrogen-bond donors (Lipinski definition) is 2. The number of amides is 1. The second-order valence-electron chi connectivity index (χ2n) is 9.15. The fourth-order valence-corrected chi connectivity index (χ4v) is 4.69. The van der Waals surface area contributed by atoms with E-state index < -0.39 is 40.8 Å². The number of anilines is 2. The van der Waals surface area contributed by atoms with E-state index in [-0.39, 0.29) is 41.1 Å². The normalized spacial score (nSPS) is 18.5. The Morgan fingerprint density at radius 3 is 2.41 bits per heavy atom. The largest absolute Gasteiger partial charge is 0.477 e. The van der Waals surface area contributed by atoms with Gasteiger partial charge in [-0.3, -0.25) is 9.69 Å². The summed E-state index contributed by atoms with van der Waals surface area (Å²) in [5.41, 5.74) is 4.62. The zero-order valence-electron chi connectivity index (χ0n) is 20.0. The first-order valence-electron chi connectivity index (χ1n) is 11.7. The molecule has 0 bridgehead atoms. The van der Waals surface area contributed by atoms with Crippen LogP contribution in [0.25, 0.3) is 16.6 Å². The van der Waals surface area contributed by atoms with E-state index in [1.54, 1.807) is 0 Å². The maximum atomic E-state index is 15.5. The number of carbonyl (C=O) groups excluding carboxylic acids is 1. The van der Waals surface area contributed by atoms with E-state index in [0.717, 1.165) is 18.3 Å². The van der Waals surface area contributed by atoms with Gasteiger partial charge < -0.3 is 29.9 Å². The van der Waals surface area contributed by atoms with Crippen molar-refractivity contribution < 1.29 is 28.2 Å². The van der Waals surface area contributed by atoms with Gasteiger partial charge in [0.05, 0.1) is 29.1 Å². The third kappa shape index (κ3) is 4.38. The van der Waals surface area contributed by atoms with E-state index in [4.69, 9.17) is 10.5 Å². The summed E-state index contributed by atoms with van der Waals surface area (Å²) >= 11 is 0. The number of nitrogens with two attached hydrogens (primary N) is 1. The van der Waals surface area contributed by atoms with Crippen LogP contribution in [0, 0.1) is 11.6 Å². The first-order valence-corrected chi connectivity index (χ1v) is 11.7. The van der Waals surface area contributed by atoms with Gasteiger partial charge in [-0.2, -0.15) is 0 Å². The molecule has 1 atom stereocenters. The Kier molecular flexibility index (Phi) is 6.30. The molecule has 1 amide bonds. The van der Waals surface area contributed by atoms with Gasteiger partial charge in [0, 0.05) is 44.3 Å². The first kappa shape index (κ1) is 24.7. The molecule has 2 fully saturated rings. The van der Waals surface area contributed by atoms with Crippen LogP contribution in [0.4, 0.5) is 25.0 Å². The maximum absolute atomic E-state index is 15.5. The van der Waals surface area contributed by atoms with Gasteiger partial charge in [-0.15, -0.1) is 0 Å². The fourth-order valence-electron chi connectivity index (χ4n) is 4.69. The highest BCUT2D eigenvalue weighted by molar-refractivity contribution is 5.94. The lowest BCUT2D eigenvalue weighted by Crippen LogP contribution is -2.44. The second kappa shape index (κ2) is 9.45. The highest BCUT2D eigenvalue weighted by atomic mass is 19.1. The Bertz CT molecular complexity index is 1470. The van der Waals surface area contributed by atoms with Crippen molar-refractivity contribution in [1.29, 1.82) is 0 Å². The number of likely N-dealkylation sites (N-methyl/N-ethyl adjacent to an activating group) is 1. The lowest BCUT2D eigenvalue weighted by molar-refractivity contribution is 0.0695. The highest BCUT2D eigenvalue weighted by Crippen LogP contribution is 2.30. The molecule has 12 heteroatoms. The van der Waals surface area contributed by atoms with Gasteiger partial charge in [-0.05, 0) is 37.4 Å². The van der Waals surface area contributed by atoms with Crippen molar-refractivity contribution in [1.82, 2.24) is 9.47 Å².